The monoisotopic (exact) mass is 510 g/mol. The third-order valence-electron chi connectivity index (χ3n) is 6.90. The van der Waals surface area contributed by atoms with Gasteiger partial charge in [-0.05, 0) is 44.2 Å². The van der Waals surface area contributed by atoms with Gasteiger partial charge in [0, 0.05) is 60.1 Å². The maximum Gasteiger partial charge on any atom is 0.349 e. The van der Waals surface area contributed by atoms with Gasteiger partial charge in [-0.2, -0.15) is 5.10 Å². The number of rotatable bonds is 5. The van der Waals surface area contributed by atoms with Crippen LogP contribution >= 0.6 is 0 Å². The van der Waals surface area contributed by atoms with Crippen molar-refractivity contribution in [2.45, 2.75) is 13.8 Å². The minimum absolute atomic E-state index is 0.0666. The molecule has 0 amide bonds. The summed E-state index contributed by atoms with van der Waals surface area (Å²) >= 11 is 0. The fourth-order valence-electron chi connectivity index (χ4n) is 4.88. The summed E-state index contributed by atoms with van der Waals surface area (Å²) in [6.45, 7) is 5.65. The highest BCUT2D eigenvalue weighted by Gasteiger charge is 2.24. The zero-order valence-electron chi connectivity index (χ0n) is 21.3. The van der Waals surface area contributed by atoms with Gasteiger partial charge in [-0.3, -0.25) is 9.48 Å². The molecule has 1 aliphatic heterocycles. The summed E-state index contributed by atoms with van der Waals surface area (Å²) in [5, 5.41) is 9.49. The Hall–Kier alpha value is -4.57. The molecule has 0 aliphatic carbocycles. The largest absolute Gasteiger partial charge is 0.422 e. The number of hydrogen-bond acceptors (Lipinski definition) is 9. The highest BCUT2D eigenvalue weighted by molar-refractivity contribution is 6.07. The molecule has 10 heteroatoms. The summed E-state index contributed by atoms with van der Waals surface area (Å²) < 4.78 is 12.9. The average Bonchev–Trinajstić information content (AvgIpc) is 3.20. The van der Waals surface area contributed by atoms with Crippen molar-refractivity contribution < 1.29 is 13.9 Å². The van der Waals surface area contributed by atoms with E-state index in [1.807, 2.05) is 53.9 Å². The number of Topliss-reactive ketones (excluding diaryl/α,β-unsaturated/α-hetero) is 1. The molecule has 2 aromatic carbocycles. The van der Waals surface area contributed by atoms with Crippen LogP contribution in [0.3, 0.4) is 0 Å². The number of carbonyl (C=O) groups is 1. The van der Waals surface area contributed by atoms with Crippen molar-refractivity contribution in [1.29, 1.82) is 0 Å². The van der Waals surface area contributed by atoms with Gasteiger partial charge in [0.25, 0.3) is 0 Å². The summed E-state index contributed by atoms with van der Waals surface area (Å²) in [5.41, 5.74) is 4.77. The van der Waals surface area contributed by atoms with Gasteiger partial charge in [0.15, 0.2) is 5.78 Å². The van der Waals surface area contributed by atoms with Gasteiger partial charge in [0.05, 0.1) is 30.1 Å². The molecule has 0 radical (unpaired) electrons. The fourth-order valence-corrected chi connectivity index (χ4v) is 4.88. The molecule has 0 unspecified atom stereocenters. The lowest BCUT2D eigenvalue weighted by molar-refractivity contribution is 0.101. The number of hydrogen-bond donors (Lipinski definition) is 1. The molecule has 1 saturated heterocycles. The van der Waals surface area contributed by atoms with Gasteiger partial charge in [0.1, 0.15) is 11.1 Å². The number of benzene rings is 2. The number of aryl methyl sites for hydroxylation is 2. The zero-order chi connectivity index (χ0) is 26.4. The van der Waals surface area contributed by atoms with Crippen molar-refractivity contribution >= 4 is 45.0 Å². The molecule has 3 aromatic heterocycles. The maximum absolute atomic E-state index is 12.8. The second-order valence-electron chi connectivity index (χ2n) is 9.31. The molecule has 1 aliphatic rings. The first kappa shape index (κ1) is 23.8. The summed E-state index contributed by atoms with van der Waals surface area (Å²) in [6.07, 6.45) is 1.70. The molecule has 10 nitrogen and oxygen atoms in total. The van der Waals surface area contributed by atoms with Gasteiger partial charge in [-0.15, -0.1) is 0 Å². The second-order valence-corrected chi connectivity index (χ2v) is 9.31. The summed E-state index contributed by atoms with van der Waals surface area (Å²) in [5.74, 6) is 0.0789. The number of aromatic nitrogens is 4. The van der Waals surface area contributed by atoms with E-state index in [1.54, 1.807) is 12.3 Å². The molecule has 38 heavy (non-hydrogen) atoms. The van der Waals surface area contributed by atoms with E-state index in [0.29, 0.717) is 54.6 Å². The third kappa shape index (κ3) is 4.18. The molecular formula is C28H26N6O4. The molecular weight excluding hydrogens is 484 g/mol. The van der Waals surface area contributed by atoms with Crippen LogP contribution in [0.25, 0.3) is 33.1 Å². The van der Waals surface area contributed by atoms with E-state index in [-0.39, 0.29) is 11.3 Å². The number of nitrogens with one attached hydrogen (secondary N) is 1. The lowest BCUT2D eigenvalue weighted by Crippen LogP contribution is -2.38. The lowest BCUT2D eigenvalue weighted by Gasteiger charge is -2.30. The number of carbonyl (C=O) groups excluding carboxylic acids is 1. The van der Waals surface area contributed by atoms with Crippen LogP contribution in [0.5, 0.6) is 0 Å². The number of fused-ring (bicyclic) bond motifs is 2. The van der Waals surface area contributed by atoms with Crippen LogP contribution in [0.4, 0.5) is 17.3 Å². The predicted molar refractivity (Wildman–Crippen MR) is 145 cm³/mol. The predicted octanol–water partition coefficient (Wildman–Crippen LogP) is 4.23. The number of anilines is 3. The smallest absolute Gasteiger partial charge is 0.349 e. The van der Waals surface area contributed by atoms with Crippen LogP contribution < -0.4 is 15.8 Å². The lowest BCUT2D eigenvalue weighted by atomic mass is 10.1. The Kier molecular flexibility index (Phi) is 5.88. The van der Waals surface area contributed by atoms with Gasteiger partial charge in [0.2, 0.25) is 5.95 Å². The summed E-state index contributed by atoms with van der Waals surface area (Å²) in [7, 11) is 1.93. The summed E-state index contributed by atoms with van der Waals surface area (Å²) in [6, 6.07) is 13.3. The van der Waals surface area contributed by atoms with Crippen LogP contribution in [0.2, 0.25) is 0 Å². The average molecular weight is 511 g/mol. The molecule has 0 spiro atoms. The van der Waals surface area contributed by atoms with Crippen molar-refractivity contribution in [2.24, 2.45) is 7.05 Å². The highest BCUT2D eigenvalue weighted by atomic mass is 16.5. The van der Waals surface area contributed by atoms with Gasteiger partial charge >= 0.3 is 5.63 Å². The van der Waals surface area contributed by atoms with E-state index in [2.05, 4.69) is 21.5 Å². The zero-order valence-corrected chi connectivity index (χ0v) is 21.3. The fraction of sp³-hybridized carbons (Fsp3) is 0.250. The molecule has 6 rings (SSSR count). The first-order valence-corrected chi connectivity index (χ1v) is 12.4. The Morgan fingerprint density at radius 1 is 1.05 bits per heavy atom. The van der Waals surface area contributed by atoms with Gasteiger partial charge in [-0.1, -0.05) is 6.07 Å². The Morgan fingerprint density at radius 3 is 2.66 bits per heavy atom. The van der Waals surface area contributed by atoms with Crippen LogP contribution in [0.1, 0.15) is 23.0 Å². The van der Waals surface area contributed by atoms with Crippen molar-refractivity contribution in [1.82, 2.24) is 19.7 Å². The first-order valence-electron chi connectivity index (χ1n) is 12.4. The molecule has 0 atom stereocenters. The highest BCUT2D eigenvalue weighted by Crippen LogP contribution is 2.32. The van der Waals surface area contributed by atoms with Crippen LogP contribution in [-0.2, 0) is 11.8 Å². The van der Waals surface area contributed by atoms with E-state index in [1.165, 1.54) is 6.92 Å². The van der Waals surface area contributed by atoms with Gasteiger partial charge < -0.3 is 19.4 Å². The maximum atomic E-state index is 12.8. The molecule has 0 bridgehead atoms. The third-order valence-corrected chi connectivity index (χ3v) is 6.90. The number of ketones is 1. The van der Waals surface area contributed by atoms with E-state index in [4.69, 9.17) is 14.1 Å². The van der Waals surface area contributed by atoms with E-state index >= 15 is 0 Å². The summed E-state index contributed by atoms with van der Waals surface area (Å²) in [4.78, 5) is 36.3. The molecule has 1 fully saturated rings. The topological polar surface area (TPSA) is 115 Å². The van der Waals surface area contributed by atoms with E-state index < -0.39 is 5.63 Å². The van der Waals surface area contributed by atoms with Gasteiger partial charge in [-0.25, -0.2) is 14.8 Å². The Morgan fingerprint density at radius 2 is 1.87 bits per heavy atom. The standard InChI is InChI=1S/C28H26N6O4/c1-16-21-14-18(4-7-23(21)32-33(16)3)22-8-9-29-28(31-22)30-19-5-6-20-24(15-19)38-27(36)25(17(2)35)26(20)34-10-12-37-13-11-34/h4-9,14-15H,10-13H2,1-3H3,(H,29,30,31). The minimum atomic E-state index is -0.650. The quantitative estimate of drug-likeness (QED) is 0.274. The molecule has 5 aromatic rings. The molecule has 192 valence electrons. The van der Waals surface area contributed by atoms with E-state index in [9.17, 15) is 9.59 Å². The van der Waals surface area contributed by atoms with Crippen LogP contribution in [0.15, 0.2) is 57.9 Å². The molecule has 0 saturated carbocycles. The second kappa shape index (κ2) is 9.38. The Balaban J connectivity index is 1.36. The molecule has 1 N–H and O–H groups in total. The Bertz CT molecular complexity index is 1770. The minimum Gasteiger partial charge on any atom is -0.422 e. The first-order chi connectivity index (χ1) is 18.4. The normalized spacial score (nSPS) is 13.8. The molecule has 4 heterocycles. The SMILES string of the molecule is CC(=O)c1c(N2CCOCC2)c2ccc(Nc3nccc(-c4ccc5nn(C)c(C)c5c4)n3)cc2oc1=O. The van der Waals surface area contributed by atoms with Crippen molar-refractivity contribution in [3.8, 4) is 11.3 Å². The van der Waals surface area contributed by atoms with Crippen molar-refractivity contribution in [2.75, 3.05) is 36.5 Å². The van der Waals surface area contributed by atoms with Crippen LogP contribution in [-0.4, -0.2) is 51.8 Å². The number of nitrogens with zero attached hydrogens (tertiary/aromatic N) is 5. The number of ether oxygens (including phenoxy) is 1. The van der Waals surface area contributed by atoms with Crippen LogP contribution in [0, 0.1) is 6.92 Å². The van der Waals surface area contributed by atoms with Crippen molar-refractivity contribution in [3.05, 3.63) is 70.3 Å². The van der Waals surface area contributed by atoms with Crippen molar-refractivity contribution in [3.63, 3.8) is 0 Å². The number of morpholine rings is 1. The Labute approximate surface area is 217 Å². The van der Waals surface area contributed by atoms with E-state index in [0.717, 1.165) is 27.9 Å².